The van der Waals surface area contributed by atoms with Crippen LogP contribution in [0.5, 0.6) is 0 Å². The van der Waals surface area contributed by atoms with Gasteiger partial charge in [-0.1, -0.05) is 25.1 Å². The van der Waals surface area contributed by atoms with E-state index in [4.69, 9.17) is 0 Å². The van der Waals surface area contributed by atoms with Gasteiger partial charge in [-0.15, -0.1) is 0 Å². The molecule has 1 atom stereocenters. The summed E-state index contributed by atoms with van der Waals surface area (Å²) in [4.78, 5) is 11.0. The van der Waals surface area contributed by atoms with Crippen molar-refractivity contribution in [3.8, 4) is 0 Å². The smallest absolute Gasteiger partial charge is 0.267 e. The van der Waals surface area contributed by atoms with E-state index in [0.717, 1.165) is 10.3 Å². The number of hydrogen-bond acceptors (Lipinski definition) is 3. The van der Waals surface area contributed by atoms with Crippen LogP contribution >= 0.6 is 0 Å². The molecule has 18 heavy (non-hydrogen) atoms. The van der Waals surface area contributed by atoms with Crippen LogP contribution in [0.25, 0.3) is 0 Å². The molecule has 0 spiro atoms. The van der Waals surface area contributed by atoms with Crippen molar-refractivity contribution in [2.75, 3.05) is 0 Å². The second kappa shape index (κ2) is 4.78. The summed E-state index contributed by atoms with van der Waals surface area (Å²) in [6, 6.07) is 11.4. The first-order valence-electron chi connectivity index (χ1n) is 5.50. The molecular weight excluding hydrogens is 250 g/mol. The van der Waals surface area contributed by atoms with Crippen LogP contribution in [0.1, 0.15) is 18.5 Å². The van der Waals surface area contributed by atoms with Crippen molar-refractivity contribution >= 4 is 16.3 Å². The van der Waals surface area contributed by atoms with Gasteiger partial charge >= 0.3 is 0 Å². The van der Waals surface area contributed by atoms with Crippen molar-refractivity contribution in [1.29, 1.82) is 0 Å². The van der Waals surface area contributed by atoms with Crippen LogP contribution in [-0.4, -0.2) is 18.7 Å². The van der Waals surface area contributed by atoms with Gasteiger partial charge in [-0.3, -0.25) is 0 Å². The fraction of sp³-hybridized carbons (Fsp3) is 0.154. The van der Waals surface area contributed by atoms with Gasteiger partial charge in [0.2, 0.25) is 0 Å². The Kier molecular flexibility index (Phi) is 3.34. The van der Waals surface area contributed by atoms with Crippen molar-refractivity contribution in [3.63, 3.8) is 0 Å². The first-order valence-corrected chi connectivity index (χ1v) is 6.94. The normalized spacial score (nSPS) is 13.2. The lowest BCUT2D eigenvalue weighted by atomic mass is 10.1. The van der Waals surface area contributed by atoms with E-state index < -0.39 is 15.9 Å². The van der Waals surface area contributed by atoms with Crippen LogP contribution in [0.3, 0.4) is 0 Å². The zero-order valence-corrected chi connectivity index (χ0v) is 10.7. The van der Waals surface area contributed by atoms with E-state index in [1.165, 1.54) is 18.3 Å². The van der Waals surface area contributed by atoms with Crippen LogP contribution in [0.15, 0.2) is 53.6 Å². The van der Waals surface area contributed by atoms with Gasteiger partial charge in [-0.25, -0.2) is 12.4 Å². The van der Waals surface area contributed by atoms with Crippen LogP contribution in [0.4, 0.5) is 0 Å². The molecule has 0 N–H and O–H groups in total. The Morgan fingerprint density at radius 2 is 1.78 bits per heavy atom. The molecule has 0 bridgehead atoms. The molecule has 2 aromatic rings. The SMILES string of the molecule is CC(C=O)c1cccn1S(=O)(=O)c1ccccc1. The number of aromatic nitrogens is 1. The predicted octanol–water partition coefficient (Wildman–Crippen LogP) is 2.03. The Morgan fingerprint density at radius 3 is 2.39 bits per heavy atom. The van der Waals surface area contributed by atoms with Crippen molar-refractivity contribution in [1.82, 2.24) is 3.97 Å². The second-order valence-electron chi connectivity index (χ2n) is 3.97. The molecule has 5 heteroatoms. The zero-order valence-electron chi connectivity index (χ0n) is 9.85. The van der Waals surface area contributed by atoms with Gasteiger partial charge in [0.05, 0.1) is 10.8 Å². The standard InChI is InChI=1S/C13H13NO3S/c1-11(10-15)13-8-5-9-14(13)18(16,17)12-6-3-2-4-7-12/h2-11H,1H3. The van der Waals surface area contributed by atoms with Gasteiger partial charge in [0, 0.05) is 11.9 Å². The van der Waals surface area contributed by atoms with Crippen molar-refractivity contribution in [3.05, 3.63) is 54.4 Å². The molecule has 4 nitrogen and oxygen atoms in total. The van der Waals surface area contributed by atoms with E-state index >= 15 is 0 Å². The largest absolute Gasteiger partial charge is 0.303 e. The Hall–Kier alpha value is -1.88. The second-order valence-corrected chi connectivity index (χ2v) is 5.79. The molecule has 2 rings (SSSR count). The van der Waals surface area contributed by atoms with Gasteiger partial charge in [0.15, 0.2) is 0 Å². The minimum Gasteiger partial charge on any atom is -0.303 e. The molecule has 0 fully saturated rings. The molecule has 0 aliphatic rings. The van der Waals surface area contributed by atoms with Gasteiger partial charge in [-0.05, 0) is 24.3 Å². The lowest BCUT2D eigenvalue weighted by molar-refractivity contribution is -0.108. The molecule has 0 saturated heterocycles. The highest BCUT2D eigenvalue weighted by molar-refractivity contribution is 7.90. The van der Waals surface area contributed by atoms with Crippen LogP contribution in [-0.2, 0) is 14.8 Å². The van der Waals surface area contributed by atoms with Gasteiger partial charge in [-0.2, -0.15) is 0 Å². The fourth-order valence-corrected chi connectivity index (χ4v) is 3.19. The molecule has 1 aromatic heterocycles. The molecule has 1 unspecified atom stereocenters. The number of nitrogens with zero attached hydrogens (tertiary/aromatic N) is 1. The summed E-state index contributed by atoms with van der Waals surface area (Å²) in [6.45, 7) is 1.67. The quantitative estimate of drug-likeness (QED) is 0.793. The molecule has 1 aromatic carbocycles. The van der Waals surface area contributed by atoms with E-state index in [0.29, 0.717) is 5.69 Å². The maximum absolute atomic E-state index is 12.4. The topological polar surface area (TPSA) is 56.1 Å². The third kappa shape index (κ3) is 2.09. The van der Waals surface area contributed by atoms with E-state index in [1.54, 1.807) is 37.3 Å². The molecule has 94 valence electrons. The summed E-state index contributed by atoms with van der Waals surface area (Å²) in [5, 5.41) is 0. The Morgan fingerprint density at radius 1 is 1.11 bits per heavy atom. The minimum absolute atomic E-state index is 0.209. The Balaban J connectivity index is 2.56. The summed E-state index contributed by atoms with van der Waals surface area (Å²) >= 11 is 0. The average molecular weight is 263 g/mol. The third-order valence-corrected chi connectivity index (χ3v) is 4.43. The number of hydrogen-bond donors (Lipinski definition) is 0. The number of aldehydes is 1. The molecule has 0 saturated carbocycles. The summed E-state index contributed by atoms with van der Waals surface area (Å²) < 4.78 is 25.9. The maximum atomic E-state index is 12.4. The lowest BCUT2D eigenvalue weighted by Gasteiger charge is -2.11. The number of benzene rings is 1. The molecule has 1 heterocycles. The van der Waals surface area contributed by atoms with Gasteiger partial charge < -0.3 is 4.79 Å². The number of carbonyl (C=O) groups is 1. The van der Waals surface area contributed by atoms with Crippen LogP contribution in [0.2, 0.25) is 0 Å². The predicted molar refractivity (Wildman–Crippen MR) is 67.9 cm³/mol. The van der Waals surface area contributed by atoms with Crippen molar-refractivity contribution in [2.24, 2.45) is 0 Å². The highest BCUT2D eigenvalue weighted by atomic mass is 32.2. The third-order valence-electron chi connectivity index (χ3n) is 2.71. The average Bonchev–Trinajstić information content (AvgIpc) is 2.89. The Labute approximate surface area is 106 Å². The molecular formula is C13H13NO3S. The number of carbonyl (C=O) groups excluding carboxylic acids is 1. The lowest BCUT2D eigenvalue weighted by Crippen LogP contribution is -2.16. The van der Waals surface area contributed by atoms with E-state index in [9.17, 15) is 13.2 Å². The van der Waals surface area contributed by atoms with Crippen molar-refractivity contribution < 1.29 is 13.2 Å². The highest BCUT2D eigenvalue weighted by Gasteiger charge is 2.21. The zero-order chi connectivity index (χ0) is 13.2. The highest BCUT2D eigenvalue weighted by Crippen LogP contribution is 2.20. The summed E-state index contributed by atoms with van der Waals surface area (Å²) in [5.74, 6) is -0.460. The molecule has 0 amide bonds. The fourth-order valence-electron chi connectivity index (χ4n) is 1.73. The molecule has 0 aliphatic heterocycles. The number of rotatable bonds is 4. The van der Waals surface area contributed by atoms with Gasteiger partial charge in [0.25, 0.3) is 10.0 Å². The maximum Gasteiger partial charge on any atom is 0.267 e. The monoisotopic (exact) mass is 263 g/mol. The molecule has 0 aliphatic carbocycles. The van der Waals surface area contributed by atoms with E-state index in [-0.39, 0.29) is 4.90 Å². The van der Waals surface area contributed by atoms with Crippen LogP contribution < -0.4 is 0 Å². The Bertz CT molecular complexity index is 644. The summed E-state index contributed by atoms with van der Waals surface area (Å²) in [5.41, 5.74) is 0.467. The summed E-state index contributed by atoms with van der Waals surface area (Å²) in [6.07, 6.45) is 2.18. The minimum atomic E-state index is -3.62. The van der Waals surface area contributed by atoms with Crippen molar-refractivity contribution in [2.45, 2.75) is 17.7 Å². The molecule has 0 radical (unpaired) electrons. The van der Waals surface area contributed by atoms with Crippen LogP contribution in [0, 0.1) is 0 Å². The summed E-state index contributed by atoms with van der Waals surface area (Å²) in [7, 11) is -3.62. The van der Waals surface area contributed by atoms with E-state index in [1.807, 2.05) is 0 Å². The van der Waals surface area contributed by atoms with Gasteiger partial charge in [0.1, 0.15) is 6.29 Å². The first kappa shape index (κ1) is 12.6. The van der Waals surface area contributed by atoms with E-state index in [2.05, 4.69) is 0 Å². The first-order chi connectivity index (χ1) is 8.57.